The lowest BCUT2D eigenvalue weighted by Gasteiger charge is -2.06. The van der Waals surface area contributed by atoms with E-state index in [0.29, 0.717) is 22.4 Å². The van der Waals surface area contributed by atoms with Gasteiger partial charge in [0.15, 0.2) is 0 Å². The van der Waals surface area contributed by atoms with Crippen molar-refractivity contribution < 1.29 is 13.2 Å². The number of nitrogens with two attached hydrogens (primary N) is 1. The summed E-state index contributed by atoms with van der Waals surface area (Å²) in [5.74, 6) is 0.137. The van der Waals surface area contributed by atoms with Crippen LogP contribution in [0.2, 0.25) is 0 Å². The van der Waals surface area contributed by atoms with Gasteiger partial charge in [-0.25, -0.2) is 18.5 Å². The van der Waals surface area contributed by atoms with Crippen LogP contribution in [0.5, 0.6) is 0 Å². The zero-order chi connectivity index (χ0) is 18.7. The topological polar surface area (TPSA) is 135 Å². The number of anilines is 1. The van der Waals surface area contributed by atoms with Crippen LogP contribution >= 0.6 is 0 Å². The van der Waals surface area contributed by atoms with E-state index in [1.807, 2.05) is 0 Å². The van der Waals surface area contributed by atoms with Crippen molar-refractivity contribution in [1.29, 1.82) is 0 Å². The number of fused-ring (bicyclic) bond motifs is 1. The molecule has 0 unspecified atom stereocenters. The summed E-state index contributed by atoms with van der Waals surface area (Å²) in [7, 11) is -3.77. The summed E-state index contributed by atoms with van der Waals surface area (Å²) in [6.07, 6.45) is 0.374. The molecule has 1 heterocycles. The van der Waals surface area contributed by atoms with Crippen LogP contribution in [-0.4, -0.2) is 24.3 Å². The monoisotopic (exact) mass is 372 g/mol. The molecule has 3 aromatic rings. The minimum absolute atomic E-state index is 0.0339. The maximum absolute atomic E-state index is 12.0. The van der Waals surface area contributed by atoms with E-state index < -0.39 is 10.0 Å². The van der Waals surface area contributed by atoms with Gasteiger partial charge in [0.2, 0.25) is 15.9 Å². The lowest BCUT2D eigenvalue weighted by Crippen LogP contribution is -2.16. The molecule has 134 valence electrons. The summed E-state index contributed by atoms with van der Waals surface area (Å²) in [6, 6.07) is 12.5. The van der Waals surface area contributed by atoms with Gasteiger partial charge in [-0.15, -0.1) is 0 Å². The van der Waals surface area contributed by atoms with Crippen LogP contribution in [0, 0.1) is 0 Å². The Labute approximate surface area is 149 Å². The Hall–Kier alpha value is -3.04. The number of aromatic amines is 1. The quantitative estimate of drug-likeness (QED) is 0.617. The van der Waals surface area contributed by atoms with Crippen molar-refractivity contribution >= 4 is 32.5 Å². The first-order chi connectivity index (χ1) is 12.3. The van der Waals surface area contributed by atoms with Crippen molar-refractivity contribution in [1.82, 2.24) is 9.97 Å². The fourth-order valence-corrected chi connectivity index (χ4v) is 2.95. The lowest BCUT2D eigenvalue weighted by molar-refractivity contribution is -0.116. The Balaban J connectivity index is 1.65. The van der Waals surface area contributed by atoms with E-state index >= 15 is 0 Å². The predicted molar refractivity (Wildman–Crippen MR) is 97.1 cm³/mol. The van der Waals surface area contributed by atoms with Crippen molar-refractivity contribution in [3.8, 4) is 0 Å². The number of aromatic nitrogens is 2. The fourth-order valence-electron chi connectivity index (χ4n) is 2.44. The number of nitrogens with one attached hydrogen (secondary N) is 2. The number of nitrogens with zero attached hydrogens (tertiary/aromatic N) is 1. The van der Waals surface area contributed by atoms with Gasteiger partial charge in [-0.3, -0.25) is 9.59 Å². The second-order valence-electron chi connectivity index (χ2n) is 5.65. The maximum atomic E-state index is 12.0. The third kappa shape index (κ3) is 4.13. The number of para-hydroxylation sites is 1. The normalized spacial score (nSPS) is 11.4. The van der Waals surface area contributed by atoms with Crippen LogP contribution in [0.4, 0.5) is 5.69 Å². The summed E-state index contributed by atoms with van der Waals surface area (Å²) in [4.78, 5) is 31.0. The number of hydrogen-bond acceptors (Lipinski definition) is 5. The van der Waals surface area contributed by atoms with E-state index in [9.17, 15) is 18.0 Å². The third-order valence-corrected chi connectivity index (χ3v) is 4.65. The number of amides is 1. The molecule has 2 aromatic carbocycles. The van der Waals surface area contributed by atoms with Crippen LogP contribution in [0.3, 0.4) is 0 Å². The highest BCUT2D eigenvalue weighted by Gasteiger charge is 2.09. The number of rotatable bonds is 5. The zero-order valence-corrected chi connectivity index (χ0v) is 14.4. The Morgan fingerprint density at radius 3 is 2.50 bits per heavy atom. The molecule has 1 amide bonds. The summed E-state index contributed by atoms with van der Waals surface area (Å²) < 4.78 is 22.4. The summed E-state index contributed by atoms with van der Waals surface area (Å²) in [6.45, 7) is 0. The summed E-state index contributed by atoms with van der Waals surface area (Å²) in [5.41, 5.74) is 0.775. The number of primary sulfonamides is 1. The highest BCUT2D eigenvalue weighted by atomic mass is 32.2. The smallest absolute Gasteiger partial charge is 0.258 e. The average Bonchev–Trinajstić information content (AvgIpc) is 2.60. The number of benzene rings is 2. The number of carbonyl (C=O) groups excluding carboxylic acids is 1. The summed E-state index contributed by atoms with van der Waals surface area (Å²) >= 11 is 0. The molecule has 0 saturated carbocycles. The first-order valence-corrected chi connectivity index (χ1v) is 9.28. The van der Waals surface area contributed by atoms with Crippen molar-refractivity contribution in [2.24, 2.45) is 5.14 Å². The lowest BCUT2D eigenvalue weighted by atomic mass is 10.2. The van der Waals surface area contributed by atoms with Gasteiger partial charge in [0, 0.05) is 18.5 Å². The van der Waals surface area contributed by atoms with Crippen molar-refractivity contribution in [3.63, 3.8) is 0 Å². The third-order valence-electron chi connectivity index (χ3n) is 3.72. The van der Waals surface area contributed by atoms with Gasteiger partial charge in [0.1, 0.15) is 5.82 Å². The van der Waals surface area contributed by atoms with Crippen LogP contribution in [-0.2, 0) is 21.2 Å². The maximum Gasteiger partial charge on any atom is 0.258 e. The van der Waals surface area contributed by atoms with Crippen LogP contribution < -0.4 is 16.0 Å². The van der Waals surface area contributed by atoms with E-state index in [0.717, 1.165) is 0 Å². The van der Waals surface area contributed by atoms with Gasteiger partial charge < -0.3 is 10.3 Å². The zero-order valence-electron chi connectivity index (χ0n) is 13.6. The Morgan fingerprint density at radius 1 is 1.12 bits per heavy atom. The van der Waals surface area contributed by atoms with Gasteiger partial charge >= 0.3 is 0 Å². The van der Waals surface area contributed by atoms with E-state index in [1.165, 1.54) is 24.3 Å². The molecule has 3 rings (SSSR count). The number of H-pyrrole nitrogens is 1. The molecule has 26 heavy (non-hydrogen) atoms. The largest absolute Gasteiger partial charge is 0.326 e. The molecule has 0 fully saturated rings. The van der Waals surface area contributed by atoms with E-state index in [2.05, 4.69) is 15.3 Å². The molecular formula is C17H16N4O4S. The van der Waals surface area contributed by atoms with E-state index in [1.54, 1.807) is 24.3 Å². The van der Waals surface area contributed by atoms with Crippen molar-refractivity contribution in [3.05, 3.63) is 64.7 Å². The molecule has 0 aliphatic rings. The molecule has 1 aromatic heterocycles. The van der Waals surface area contributed by atoms with Crippen molar-refractivity contribution in [2.75, 3.05) is 5.32 Å². The van der Waals surface area contributed by atoms with Crippen LogP contribution in [0.15, 0.2) is 58.2 Å². The molecular weight excluding hydrogens is 356 g/mol. The highest BCUT2D eigenvalue weighted by Crippen LogP contribution is 2.13. The van der Waals surface area contributed by atoms with E-state index in [4.69, 9.17) is 5.14 Å². The van der Waals surface area contributed by atoms with Gasteiger partial charge in [0.25, 0.3) is 5.56 Å². The van der Waals surface area contributed by atoms with Gasteiger partial charge in [-0.05, 0) is 36.4 Å². The molecule has 9 heteroatoms. The van der Waals surface area contributed by atoms with Crippen molar-refractivity contribution in [2.45, 2.75) is 17.7 Å². The Bertz CT molecular complexity index is 1120. The SMILES string of the molecule is NS(=O)(=O)c1ccc(NC(=O)CCc2nc3ccccc3c(=O)[nH]2)cc1. The average molecular weight is 372 g/mol. The molecule has 0 spiro atoms. The van der Waals surface area contributed by atoms with Gasteiger partial charge in [0.05, 0.1) is 15.8 Å². The molecule has 0 aliphatic carbocycles. The molecule has 0 atom stereocenters. The Kier molecular flexibility index (Phi) is 4.83. The standard InChI is InChI=1S/C17H16N4O4S/c18-26(24,25)12-7-5-11(6-8-12)19-16(22)10-9-15-20-14-4-2-1-3-13(14)17(23)21-15/h1-8H,9-10H2,(H,19,22)(H2,18,24,25)(H,20,21,23). The molecule has 4 N–H and O–H groups in total. The first-order valence-electron chi connectivity index (χ1n) is 7.73. The number of sulfonamides is 1. The van der Waals surface area contributed by atoms with E-state index in [-0.39, 0.29) is 29.2 Å². The van der Waals surface area contributed by atoms with Gasteiger partial charge in [-0.1, -0.05) is 12.1 Å². The molecule has 0 saturated heterocycles. The number of carbonyl (C=O) groups is 1. The molecule has 8 nitrogen and oxygen atoms in total. The minimum Gasteiger partial charge on any atom is -0.326 e. The highest BCUT2D eigenvalue weighted by molar-refractivity contribution is 7.89. The molecule has 0 bridgehead atoms. The molecule has 0 aliphatic heterocycles. The fraction of sp³-hybridized carbons (Fsp3) is 0.118. The number of aryl methyl sites for hydroxylation is 1. The minimum atomic E-state index is -3.77. The van der Waals surface area contributed by atoms with Crippen LogP contribution in [0.1, 0.15) is 12.2 Å². The Morgan fingerprint density at radius 2 is 1.81 bits per heavy atom. The first kappa shape index (κ1) is 17.8. The number of hydrogen-bond donors (Lipinski definition) is 3. The predicted octanol–water partition coefficient (Wildman–Crippen LogP) is 1.14. The molecule has 0 radical (unpaired) electrons. The summed E-state index contributed by atoms with van der Waals surface area (Å²) in [5, 5.41) is 8.17. The second kappa shape index (κ2) is 7.06. The van der Waals surface area contributed by atoms with Gasteiger partial charge in [-0.2, -0.15) is 0 Å². The second-order valence-corrected chi connectivity index (χ2v) is 7.21. The van der Waals surface area contributed by atoms with Crippen LogP contribution in [0.25, 0.3) is 10.9 Å².